The molecule has 0 nitrogen and oxygen atoms in total. The normalized spacial score (nSPS) is 15.3. The Balaban J connectivity index is 3.02. The molecule has 0 amide bonds. The van der Waals surface area contributed by atoms with Gasteiger partial charge >= 0.3 is 6.18 Å². The van der Waals surface area contributed by atoms with Crippen LogP contribution in [0.15, 0.2) is 24.3 Å². The van der Waals surface area contributed by atoms with Crippen LogP contribution in [0.5, 0.6) is 0 Å². The summed E-state index contributed by atoms with van der Waals surface area (Å²) in [5, 5.41) is 0. The van der Waals surface area contributed by atoms with Gasteiger partial charge < -0.3 is 0 Å². The lowest BCUT2D eigenvalue weighted by Crippen LogP contribution is -2.04. The fourth-order valence-electron chi connectivity index (χ4n) is 0.722. The van der Waals surface area contributed by atoms with E-state index in [4.69, 9.17) is 14.3 Å². The Morgan fingerprint density at radius 1 is 1.25 bits per heavy atom. The van der Waals surface area contributed by atoms with Crippen LogP contribution in [0.25, 0.3) is 0 Å². The van der Waals surface area contributed by atoms with Crippen molar-refractivity contribution in [1.29, 1.82) is 0 Å². The molecule has 1 aromatic carbocycles. The maximum Gasteiger partial charge on any atom is 0.416 e. The van der Waals surface area contributed by atoms with Gasteiger partial charge in [0.2, 0.25) is 0 Å². The highest BCUT2D eigenvalue weighted by molar-refractivity contribution is 6.17. The average molecular weight is 197 g/mol. The second-order valence-corrected chi connectivity index (χ2v) is 2.36. The number of rotatable bonds is 1. The monoisotopic (exact) mass is 196 g/mol. The first-order chi connectivity index (χ1) is 6.21. The fourth-order valence-corrected chi connectivity index (χ4v) is 0.848. The van der Waals surface area contributed by atoms with Gasteiger partial charge in [0.05, 0.1) is 5.56 Å². The molecule has 1 rings (SSSR count). The highest BCUT2D eigenvalue weighted by Crippen LogP contribution is 2.29. The molecule has 0 aliphatic rings. The molecule has 0 bridgehead atoms. The van der Waals surface area contributed by atoms with Gasteiger partial charge in [0, 0.05) is 8.57 Å². The summed E-state index contributed by atoms with van der Waals surface area (Å²) >= 11 is 5.28. The van der Waals surface area contributed by atoms with E-state index in [9.17, 15) is 13.2 Å². The molecule has 0 saturated carbocycles. The van der Waals surface area contributed by atoms with E-state index >= 15 is 0 Å². The molecule has 12 heavy (non-hydrogen) atoms. The molecule has 0 saturated heterocycles. The van der Waals surface area contributed by atoms with Crippen LogP contribution >= 0.6 is 11.6 Å². The molecule has 4 heteroatoms. The van der Waals surface area contributed by atoms with Crippen molar-refractivity contribution in [2.24, 2.45) is 0 Å². The van der Waals surface area contributed by atoms with Crippen LogP contribution in [-0.4, -0.2) is 0 Å². The van der Waals surface area contributed by atoms with Crippen molar-refractivity contribution in [3.8, 4) is 0 Å². The summed E-state index contributed by atoms with van der Waals surface area (Å²) in [6, 6.07) is 3.65. The SMILES string of the molecule is [2H]C([2H])(Cl)c1ccc(C(F)(F)F)cc1. The van der Waals surface area contributed by atoms with E-state index in [1.165, 1.54) is 0 Å². The molecule has 66 valence electrons. The summed E-state index contributed by atoms with van der Waals surface area (Å²) < 4.78 is 50.4. The minimum Gasteiger partial charge on any atom is -0.166 e. The molecule has 0 heterocycles. The molecule has 1 aromatic rings. The van der Waals surface area contributed by atoms with E-state index in [1.807, 2.05) is 0 Å². The number of benzene rings is 1. The molecule has 0 aliphatic heterocycles. The van der Waals surface area contributed by atoms with Crippen LogP contribution in [0.1, 0.15) is 13.9 Å². The van der Waals surface area contributed by atoms with Crippen molar-refractivity contribution in [3.05, 3.63) is 35.4 Å². The van der Waals surface area contributed by atoms with Gasteiger partial charge in [0.1, 0.15) is 0 Å². The highest BCUT2D eigenvalue weighted by atomic mass is 35.5. The summed E-state index contributed by atoms with van der Waals surface area (Å²) in [5.74, 6) is -2.13. The Labute approximate surface area is 75.8 Å². The minimum absolute atomic E-state index is 0.00664. The van der Waals surface area contributed by atoms with E-state index in [-0.39, 0.29) is 5.56 Å². The van der Waals surface area contributed by atoms with Crippen molar-refractivity contribution in [3.63, 3.8) is 0 Å². The first-order valence-corrected chi connectivity index (χ1v) is 3.46. The van der Waals surface area contributed by atoms with Gasteiger partial charge in [-0.3, -0.25) is 0 Å². The van der Waals surface area contributed by atoms with E-state index in [0.29, 0.717) is 0 Å². The fraction of sp³-hybridized carbons (Fsp3) is 0.250. The molecule has 0 radical (unpaired) electrons. The van der Waals surface area contributed by atoms with Crippen molar-refractivity contribution >= 4 is 11.6 Å². The van der Waals surface area contributed by atoms with E-state index < -0.39 is 17.6 Å². The second-order valence-electron chi connectivity index (χ2n) is 2.17. The third kappa shape index (κ3) is 2.14. The maximum absolute atomic E-state index is 12.1. The van der Waals surface area contributed by atoms with Crippen LogP contribution in [-0.2, 0) is 12.0 Å². The lowest BCUT2D eigenvalue weighted by atomic mass is 10.1. The van der Waals surface area contributed by atoms with Crippen molar-refractivity contribution in [1.82, 2.24) is 0 Å². The van der Waals surface area contributed by atoms with Crippen LogP contribution in [0.2, 0.25) is 0 Å². The van der Waals surface area contributed by atoms with Crippen LogP contribution in [0.4, 0.5) is 13.2 Å². The molecular formula is C8H6ClF3. The number of hydrogen-bond donors (Lipinski definition) is 0. The summed E-state index contributed by atoms with van der Waals surface area (Å²) in [4.78, 5) is 0. The van der Waals surface area contributed by atoms with E-state index in [2.05, 4.69) is 0 Å². The molecule has 0 fully saturated rings. The second kappa shape index (κ2) is 3.35. The lowest BCUT2D eigenvalue weighted by Gasteiger charge is -2.05. The van der Waals surface area contributed by atoms with Crippen LogP contribution in [0.3, 0.4) is 0 Å². The Kier molecular flexibility index (Phi) is 1.89. The molecule has 0 aromatic heterocycles. The van der Waals surface area contributed by atoms with Gasteiger partial charge in [-0.15, -0.1) is 11.6 Å². The van der Waals surface area contributed by atoms with Crippen molar-refractivity contribution in [2.45, 2.75) is 12.0 Å². The molecule has 0 unspecified atom stereocenters. The Morgan fingerprint density at radius 2 is 1.75 bits per heavy atom. The van der Waals surface area contributed by atoms with Crippen LogP contribution < -0.4 is 0 Å². The van der Waals surface area contributed by atoms with Gasteiger partial charge in [-0.1, -0.05) is 12.1 Å². The first kappa shape index (κ1) is 6.78. The molecule has 0 atom stereocenters. The van der Waals surface area contributed by atoms with Gasteiger partial charge in [-0.05, 0) is 17.7 Å². The Morgan fingerprint density at radius 3 is 2.08 bits per heavy atom. The van der Waals surface area contributed by atoms with E-state index in [1.54, 1.807) is 0 Å². The standard InChI is InChI=1S/C8H6ClF3/c9-5-6-1-3-7(4-2-6)8(10,11)12/h1-4H,5H2/i5D2. The first-order valence-electron chi connectivity index (χ1n) is 4.08. The molecule has 0 spiro atoms. The van der Waals surface area contributed by atoms with Crippen LogP contribution in [0, 0.1) is 0 Å². The predicted octanol–water partition coefficient (Wildman–Crippen LogP) is 3.44. The summed E-state index contributed by atoms with van der Waals surface area (Å²) in [7, 11) is 0. The topological polar surface area (TPSA) is 0 Å². The Hall–Kier alpha value is -0.700. The number of hydrogen-bond acceptors (Lipinski definition) is 0. The third-order valence-corrected chi connectivity index (χ3v) is 1.54. The number of alkyl halides is 4. The zero-order chi connectivity index (χ0) is 11.0. The Bertz CT molecular complexity index is 280. The van der Waals surface area contributed by atoms with Gasteiger partial charge in [0.15, 0.2) is 0 Å². The summed E-state index contributed by atoms with van der Waals surface area (Å²) in [6.45, 7) is 0. The highest BCUT2D eigenvalue weighted by Gasteiger charge is 2.29. The average Bonchev–Trinajstić information content (AvgIpc) is 2.01. The van der Waals surface area contributed by atoms with Crippen molar-refractivity contribution in [2.75, 3.05) is 0 Å². The minimum atomic E-state index is -4.41. The largest absolute Gasteiger partial charge is 0.416 e. The summed E-state index contributed by atoms with van der Waals surface area (Å²) in [5.41, 5.74) is -0.811. The zero-order valence-electron chi connectivity index (χ0n) is 7.82. The smallest absolute Gasteiger partial charge is 0.166 e. The quantitative estimate of drug-likeness (QED) is 0.604. The lowest BCUT2D eigenvalue weighted by molar-refractivity contribution is -0.137. The third-order valence-electron chi connectivity index (χ3n) is 1.32. The maximum atomic E-state index is 12.1. The zero-order valence-corrected chi connectivity index (χ0v) is 6.58. The van der Waals surface area contributed by atoms with E-state index in [0.717, 1.165) is 24.3 Å². The van der Waals surface area contributed by atoms with Gasteiger partial charge in [-0.25, -0.2) is 0 Å². The molecule has 0 N–H and O–H groups in total. The predicted molar refractivity (Wildman–Crippen MR) is 41.0 cm³/mol. The molecule has 0 aliphatic carbocycles. The molecular weight excluding hydrogens is 189 g/mol. The number of halogens is 4. The van der Waals surface area contributed by atoms with Crippen molar-refractivity contribution < 1.29 is 15.9 Å². The summed E-state index contributed by atoms with van der Waals surface area (Å²) in [6.07, 6.45) is -4.41. The van der Waals surface area contributed by atoms with Gasteiger partial charge in [0.25, 0.3) is 0 Å². The van der Waals surface area contributed by atoms with Gasteiger partial charge in [-0.2, -0.15) is 13.2 Å².